The number of aromatic hydroxyl groups is 1. The Morgan fingerprint density at radius 1 is 1.36 bits per heavy atom. The molecule has 0 spiro atoms. The van der Waals surface area contributed by atoms with E-state index in [1.807, 2.05) is 0 Å². The van der Waals surface area contributed by atoms with Crippen LogP contribution in [0.1, 0.15) is 23.2 Å². The molecular formula is C18H19FN2O4. The van der Waals surface area contributed by atoms with E-state index in [4.69, 9.17) is 4.74 Å². The molecule has 1 aromatic heterocycles. The van der Waals surface area contributed by atoms with Gasteiger partial charge in [0.1, 0.15) is 29.5 Å². The lowest BCUT2D eigenvalue weighted by Gasteiger charge is -2.38. The van der Waals surface area contributed by atoms with Gasteiger partial charge >= 0.3 is 0 Å². The molecule has 132 valence electrons. The molecule has 0 unspecified atom stereocenters. The van der Waals surface area contributed by atoms with Crippen LogP contribution in [0.3, 0.4) is 0 Å². The van der Waals surface area contributed by atoms with Crippen molar-refractivity contribution in [3.63, 3.8) is 0 Å². The summed E-state index contributed by atoms with van der Waals surface area (Å²) >= 11 is 0. The van der Waals surface area contributed by atoms with Crippen molar-refractivity contribution in [2.75, 3.05) is 19.7 Å². The van der Waals surface area contributed by atoms with E-state index in [2.05, 4.69) is 4.98 Å². The van der Waals surface area contributed by atoms with E-state index >= 15 is 0 Å². The molecule has 2 N–H and O–H groups in total. The monoisotopic (exact) mass is 346 g/mol. The number of hydrogen-bond acceptors (Lipinski definition) is 5. The second-order valence-corrected chi connectivity index (χ2v) is 6.23. The lowest BCUT2D eigenvalue weighted by Crippen LogP contribution is -2.53. The van der Waals surface area contributed by atoms with Gasteiger partial charge in [-0.15, -0.1) is 0 Å². The van der Waals surface area contributed by atoms with Crippen molar-refractivity contribution < 1.29 is 24.1 Å². The standard InChI is InChI=1S/C18H19FN2O4/c19-14-3-1-4-16(8-14)25-12-18(24)5-2-6-21(11-18)17(23)13-7-15(22)10-20-9-13/h1,3-4,7-10,22,24H,2,5-6,11-12H2/t18-/m1/s1. The van der Waals surface area contributed by atoms with Crippen LogP contribution in [0.5, 0.6) is 11.5 Å². The Morgan fingerprint density at radius 2 is 2.20 bits per heavy atom. The number of amides is 1. The summed E-state index contributed by atoms with van der Waals surface area (Å²) < 4.78 is 18.7. The first-order chi connectivity index (χ1) is 12.0. The van der Waals surface area contributed by atoms with Crippen molar-refractivity contribution >= 4 is 5.91 Å². The molecule has 1 amide bonds. The van der Waals surface area contributed by atoms with Crippen molar-refractivity contribution in [1.29, 1.82) is 0 Å². The quantitative estimate of drug-likeness (QED) is 0.884. The highest BCUT2D eigenvalue weighted by molar-refractivity contribution is 5.94. The molecule has 0 aliphatic carbocycles. The molecule has 1 atom stereocenters. The Balaban J connectivity index is 1.66. The van der Waals surface area contributed by atoms with Gasteiger partial charge in [-0.1, -0.05) is 6.07 Å². The van der Waals surface area contributed by atoms with Gasteiger partial charge in [-0.05, 0) is 31.0 Å². The number of nitrogens with zero attached hydrogens (tertiary/aromatic N) is 2. The summed E-state index contributed by atoms with van der Waals surface area (Å²) in [5.41, 5.74) is -0.958. The molecule has 6 nitrogen and oxygen atoms in total. The van der Waals surface area contributed by atoms with Crippen molar-refractivity contribution in [2.45, 2.75) is 18.4 Å². The first kappa shape index (κ1) is 17.2. The van der Waals surface area contributed by atoms with E-state index in [9.17, 15) is 19.4 Å². The summed E-state index contributed by atoms with van der Waals surface area (Å²) in [4.78, 5) is 17.8. The average Bonchev–Trinajstić information content (AvgIpc) is 2.60. The third-order valence-electron chi connectivity index (χ3n) is 4.12. The summed E-state index contributed by atoms with van der Waals surface area (Å²) in [6.45, 7) is 0.548. The van der Waals surface area contributed by atoms with E-state index in [0.717, 1.165) is 0 Å². The molecule has 25 heavy (non-hydrogen) atoms. The summed E-state index contributed by atoms with van der Waals surface area (Å²) in [7, 11) is 0. The van der Waals surface area contributed by atoms with Crippen molar-refractivity contribution in [2.24, 2.45) is 0 Å². The minimum Gasteiger partial charge on any atom is -0.506 e. The second-order valence-electron chi connectivity index (χ2n) is 6.23. The molecular weight excluding hydrogens is 327 g/mol. The molecule has 1 saturated heterocycles. The molecule has 0 radical (unpaired) electrons. The summed E-state index contributed by atoms with van der Waals surface area (Å²) in [6, 6.07) is 7.03. The third kappa shape index (κ3) is 4.24. The van der Waals surface area contributed by atoms with E-state index in [1.54, 1.807) is 6.07 Å². The van der Waals surface area contributed by atoms with Gasteiger partial charge in [0.25, 0.3) is 5.91 Å². The van der Waals surface area contributed by atoms with Gasteiger partial charge in [-0.25, -0.2) is 4.39 Å². The number of carbonyl (C=O) groups excluding carboxylic acids is 1. The van der Waals surface area contributed by atoms with Crippen LogP contribution in [0.25, 0.3) is 0 Å². The number of pyridine rings is 1. The Morgan fingerprint density at radius 3 is 2.96 bits per heavy atom. The zero-order chi connectivity index (χ0) is 17.9. The molecule has 1 aromatic carbocycles. The Hall–Kier alpha value is -2.67. The van der Waals surface area contributed by atoms with Crippen molar-refractivity contribution in [3.05, 3.63) is 54.1 Å². The largest absolute Gasteiger partial charge is 0.506 e. The number of carbonyl (C=O) groups is 1. The normalized spacial score (nSPS) is 20.3. The summed E-state index contributed by atoms with van der Waals surface area (Å²) in [5, 5.41) is 20.2. The fourth-order valence-corrected chi connectivity index (χ4v) is 2.91. The van der Waals surface area contributed by atoms with Crippen LogP contribution in [-0.2, 0) is 0 Å². The van der Waals surface area contributed by atoms with Gasteiger partial charge in [-0.2, -0.15) is 0 Å². The van der Waals surface area contributed by atoms with Gasteiger partial charge < -0.3 is 19.8 Å². The highest BCUT2D eigenvalue weighted by Crippen LogP contribution is 2.25. The van der Waals surface area contributed by atoms with E-state index in [1.165, 1.54) is 41.6 Å². The highest BCUT2D eigenvalue weighted by atomic mass is 19.1. The van der Waals surface area contributed by atoms with E-state index in [-0.39, 0.29) is 30.4 Å². The van der Waals surface area contributed by atoms with E-state index < -0.39 is 11.4 Å². The maximum Gasteiger partial charge on any atom is 0.255 e. The zero-order valence-electron chi connectivity index (χ0n) is 13.6. The number of piperidine rings is 1. The van der Waals surface area contributed by atoms with Crippen molar-refractivity contribution in [1.82, 2.24) is 9.88 Å². The van der Waals surface area contributed by atoms with Crippen LogP contribution >= 0.6 is 0 Å². The molecule has 2 heterocycles. The third-order valence-corrected chi connectivity index (χ3v) is 4.12. The van der Waals surface area contributed by atoms with Crippen LogP contribution < -0.4 is 4.74 Å². The topological polar surface area (TPSA) is 82.9 Å². The number of aromatic nitrogens is 1. The van der Waals surface area contributed by atoms with Gasteiger partial charge in [0.15, 0.2) is 0 Å². The lowest BCUT2D eigenvalue weighted by atomic mass is 9.93. The number of aliphatic hydroxyl groups is 1. The fraction of sp³-hybridized carbons (Fsp3) is 0.333. The number of ether oxygens (including phenoxy) is 1. The van der Waals surface area contributed by atoms with Crippen LogP contribution in [0.4, 0.5) is 4.39 Å². The minimum absolute atomic E-state index is 0.0431. The van der Waals surface area contributed by atoms with Crippen LogP contribution in [0, 0.1) is 5.82 Å². The molecule has 3 rings (SSSR count). The maximum absolute atomic E-state index is 13.2. The zero-order valence-corrected chi connectivity index (χ0v) is 13.6. The molecule has 2 aromatic rings. The number of β-amino-alcohol motifs (C(OH)–C–C–N with tert-alkyl or cyclic N) is 1. The molecule has 0 bridgehead atoms. The fourth-order valence-electron chi connectivity index (χ4n) is 2.91. The highest BCUT2D eigenvalue weighted by Gasteiger charge is 2.36. The van der Waals surface area contributed by atoms with Gasteiger partial charge in [0.2, 0.25) is 0 Å². The molecule has 1 aliphatic heterocycles. The number of rotatable bonds is 4. The molecule has 1 fully saturated rings. The van der Waals surface area contributed by atoms with Gasteiger partial charge in [0, 0.05) is 18.8 Å². The van der Waals surface area contributed by atoms with Gasteiger partial charge in [0.05, 0.1) is 18.3 Å². The van der Waals surface area contributed by atoms with E-state index in [0.29, 0.717) is 25.1 Å². The number of likely N-dealkylation sites (tertiary alicyclic amines) is 1. The SMILES string of the molecule is O=C(c1cncc(O)c1)N1CCC[C@](O)(COc2cccc(F)c2)C1. The van der Waals surface area contributed by atoms with Crippen molar-refractivity contribution in [3.8, 4) is 11.5 Å². The number of hydrogen-bond donors (Lipinski definition) is 2. The Kier molecular flexibility index (Phi) is 4.85. The van der Waals surface area contributed by atoms with Crippen LogP contribution in [0.2, 0.25) is 0 Å². The predicted molar refractivity (Wildman–Crippen MR) is 87.9 cm³/mol. The number of benzene rings is 1. The predicted octanol–water partition coefficient (Wildman–Crippen LogP) is 1.97. The second kappa shape index (κ2) is 7.06. The Labute approximate surface area is 144 Å². The lowest BCUT2D eigenvalue weighted by molar-refractivity contribution is -0.0532. The smallest absolute Gasteiger partial charge is 0.255 e. The van der Waals surface area contributed by atoms with Crippen LogP contribution in [0.15, 0.2) is 42.7 Å². The average molecular weight is 346 g/mol. The first-order valence-electron chi connectivity index (χ1n) is 7.99. The summed E-state index contributed by atoms with van der Waals surface area (Å²) in [5.74, 6) is -0.491. The molecule has 7 heteroatoms. The first-order valence-corrected chi connectivity index (χ1v) is 7.99. The van der Waals surface area contributed by atoms with Crippen LogP contribution in [-0.4, -0.2) is 51.3 Å². The Bertz CT molecular complexity index is 770. The van der Waals surface area contributed by atoms with Gasteiger partial charge in [-0.3, -0.25) is 9.78 Å². The maximum atomic E-state index is 13.2. The minimum atomic E-state index is -1.22. The molecule has 1 aliphatic rings. The molecule has 0 saturated carbocycles. The summed E-state index contributed by atoms with van der Waals surface area (Å²) in [6.07, 6.45) is 3.71. The number of halogens is 1.